The third kappa shape index (κ3) is 3.48. The summed E-state index contributed by atoms with van der Waals surface area (Å²) in [7, 11) is 0. The van der Waals surface area contributed by atoms with Crippen molar-refractivity contribution in [3.05, 3.63) is 54.2 Å². The summed E-state index contributed by atoms with van der Waals surface area (Å²) in [5.41, 5.74) is 1.10. The largest absolute Gasteiger partial charge is 0.486 e. The fraction of sp³-hybridized carbons (Fsp3) is 0.222. The number of hydrogen-bond acceptors (Lipinski definition) is 4. The average molecular weight is 325 g/mol. The van der Waals surface area contributed by atoms with Gasteiger partial charge in [-0.25, -0.2) is 4.79 Å². The first-order valence-electron chi connectivity index (χ1n) is 7.64. The van der Waals surface area contributed by atoms with Crippen LogP contribution in [-0.4, -0.2) is 33.4 Å². The molecule has 3 N–H and O–H groups in total. The van der Waals surface area contributed by atoms with Gasteiger partial charge in [-0.2, -0.15) is 5.10 Å². The van der Waals surface area contributed by atoms with Gasteiger partial charge in [0, 0.05) is 11.1 Å². The van der Waals surface area contributed by atoms with E-state index in [-0.39, 0.29) is 5.69 Å². The summed E-state index contributed by atoms with van der Waals surface area (Å²) in [5, 5.41) is 19.6. The van der Waals surface area contributed by atoms with E-state index in [0.29, 0.717) is 17.4 Å². The van der Waals surface area contributed by atoms with E-state index in [1.807, 2.05) is 56.3 Å². The van der Waals surface area contributed by atoms with Crippen LogP contribution in [0.5, 0.6) is 5.75 Å². The van der Waals surface area contributed by atoms with Gasteiger partial charge >= 0.3 is 5.97 Å². The van der Waals surface area contributed by atoms with E-state index in [9.17, 15) is 4.79 Å². The Bertz CT molecular complexity index is 856. The van der Waals surface area contributed by atoms with E-state index in [1.54, 1.807) is 6.07 Å². The number of carboxylic acids is 1. The Morgan fingerprint density at radius 3 is 2.71 bits per heavy atom. The zero-order valence-corrected chi connectivity index (χ0v) is 13.5. The summed E-state index contributed by atoms with van der Waals surface area (Å²) in [4.78, 5) is 11.2. The molecule has 0 aliphatic rings. The molecule has 0 saturated heterocycles. The molecular weight excluding hydrogens is 306 g/mol. The minimum Gasteiger partial charge on any atom is -0.486 e. The predicted octanol–water partition coefficient (Wildman–Crippen LogP) is 3.53. The lowest BCUT2D eigenvalue weighted by molar-refractivity contribution is 0.0692. The molecule has 0 atom stereocenters. The molecule has 1 heterocycles. The highest BCUT2D eigenvalue weighted by Crippen LogP contribution is 2.22. The minimum atomic E-state index is -1.05. The second-order valence-corrected chi connectivity index (χ2v) is 6.17. The number of para-hydroxylation sites is 1. The summed E-state index contributed by atoms with van der Waals surface area (Å²) >= 11 is 0. The summed E-state index contributed by atoms with van der Waals surface area (Å²) < 4.78 is 5.98. The smallest absolute Gasteiger partial charge is 0.357 e. The van der Waals surface area contributed by atoms with Gasteiger partial charge in [0.05, 0.1) is 12.1 Å². The third-order valence-electron chi connectivity index (χ3n) is 3.62. The molecule has 6 heteroatoms. The molecule has 0 aliphatic heterocycles. The molecule has 0 spiro atoms. The summed E-state index contributed by atoms with van der Waals surface area (Å²) in [6.07, 6.45) is 0. The molecule has 1 aromatic heterocycles. The number of nitrogens with one attached hydrogen (secondary N) is 2. The van der Waals surface area contributed by atoms with Gasteiger partial charge in [0.25, 0.3) is 0 Å². The van der Waals surface area contributed by atoms with Gasteiger partial charge in [-0.05, 0) is 44.2 Å². The second kappa shape index (κ2) is 6.23. The number of ether oxygens (including phenoxy) is 1. The zero-order chi connectivity index (χ0) is 17.2. The number of aromatic amines is 1. The van der Waals surface area contributed by atoms with Crippen molar-refractivity contribution in [3.8, 4) is 5.75 Å². The topological polar surface area (TPSA) is 87.2 Å². The molecular formula is C18H19N3O3. The predicted molar refractivity (Wildman–Crippen MR) is 92.7 cm³/mol. The van der Waals surface area contributed by atoms with Crippen molar-refractivity contribution in [3.63, 3.8) is 0 Å². The molecule has 24 heavy (non-hydrogen) atoms. The van der Waals surface area contributed by atoms with E-state index in [0.717, 1.165) is 11.4 Å². The third-order valence-corrected chi connectivity index (χ3v) is 3.62. The van der Waals surface area contributed by atoms with Gasteiger partial charge in [0.1, 0.15) is 11.4 Å². The van der Waals surface area contributed by atoms with E-state index in [2.05, 4.69) is 15.5 Å². The Kier molecular flexibility index (Phi) is 4.12. The van der Waals surface area contributed by atoms with Gasteiger partial charge in [-0.1, -0.05) is 18.2 Å². The van der Waals surface area contributed by atoms with E-state index >= 15 is 0 Å². The lowest BCUT2D eigenvalue weighted by atomic mass is 10.1. The van der Waals surface area contributed by atoms with Crippen molar-refractivity contribution in [2.45, 2.75) is 19.4 Å². The lowest BCUT2D eigenvalue weighted by Gasteiger charge is -2.27. The second-order valence-electron chi connectivity index (χ2n) is 6.17. The molecule has 3 aromatic rings. The van der Waals surface area contributed by atoms with E-state index < -0.39 is 11.6 Å². The van der Waals surface area contributed by atoms with Gasteiger partial charge in [0.15, 0.2) is 5.69 Å². The molecule has 0 aliphatic carbocycles. The van der Waals surface area contributed by atoms with Gasteiger partial charge in [-0.3, -0.25) is 5.10 Å². The van der Waals surface area contributed by atoms with Crippen LogP contribution in [0.4, 0.5) is 5.69 Å². The molecule has 2 aromatic carbocycles. The highest BCUT2D eigenvalue weighted by atomic mass is 16.5. The Morgan fingerprint density at radius 1 is 1.25 bits per heavy atom. The first-order valence-corrected chi connectivity index (χ1v) is 7.64. The van der Waals surface area contributed by atoms with Crippen LogP contribution in [0.2, 0.25) is 0 Å². The van der Waals surface area contributed by atoms with Crippen LogP contribution < -0.4 is 10.1 Å². The number of anilines is 1. The van der Waals surface area contributed by atoms with E-state index in [1.165, 1.54) is 0 Å². The van der Waals surface area contributed by atoms with Crippen molar-refractivity contribution < 1.29 is 14.6 Å². The number of benzene rings is 2. The Morgan fingerprint density at radius 2 is 2.00 bits per heavy atom. The molecule has 0 fully saturated rings. The molecule has 0 bridgehead atoms. The fourth-order valence-electron chi connectivity index (χ4n) is 2.45. The number of carbonyl (C=O) groups is 1. The van der Waals surface area contributed by atoms with Crippen LogP contribution >= 0.6 is 0 Å². The van der Waals surface area contributed by atoms with Gasteiger partial charge < -0.3 is 15.2 Å². The van der Waals surface area contributed by atoms with E-state index in [4.69, 9.17) is 9.84 Å². The molecule has 0 radical (unpaired) electrons. The molecule has 0 amide bonds. The highest BCUT2D eigenvalue weighted by Gasteiger charge is 2.20. The maximum Gasteiger partial charge on any atom is 0.357 e. The summed E-state index contributed by atoms with van der Waals surface area (Å²) in [5.74, 6) is -0.242. The Labute approximate surface area is 139 Å². The minimum absolute atomic E-state index is 0.0217. The van der Waals surface area contributed by atoms with Crippen LogP contribution in [0.1, 0.15) is 24.3 Å². The first kappa shape index (κ1) is 15.9. The summed E-state index contributed by atoms with van der Waals surface area (Å²) in [6.45, 7) is 4.55. The van der Waals surface area contributed by atoms with Crippen molar-refractivity contribution in [2.24, 2.45) is 0 Å². The zero-order valence-electron chi connectivity index (χ0n) is 13.5. The fourth-order valence-corrected chi connectivity index (χ4v) is 2.45. The van der Waals surface area contributed by atoms with Gasteiger partial charge in [-0.15, -0.1) is 0 Å². The molecule has 0 unspecified atom stereocenters. The molecule has 124 valence electrons. The number of aromatic nitrogens is 2. The number of hydrogen-bond donors (Lipinski definition) is 3. The molecule has 3 rings (SSSR count). The number of carboxylic acid groups (broad SMARTS) is 1. The standard InChI is InChI=1S/C18H19N3O3/c1-18(2,24-13-6-4-3-5-7-13)11-19-12-8-9-15-14(10-12)16(17(22)23)21-20-15/h3-10,19H,11H2,1-2H3,(H,20,21)(H,22,23). The Balaban J connectivity index is 1.72. The van der Waals surface area contributed by atoms with Crippen molar-refractivity contribution in [2.75, 3.05) is 11.9 Å². The number of nitrogens with zero attached hydrogens (tertiary/aromatic N) is 1. The van der Waals surface area contributed by atoms with Crippen LogP contribution in [0, 0.1) is 0 Å². The number of aromatic carboxylic acids is 1. The Hall–Kier alpha value is -3.02. The SMILES string of the molecule is CC(C)(CNc1ccc2[nH]nc(C(=O)O)c2c1)Oc1ccccc1. The van der Waals surface area contributed by atoms with Crippen LogP contribution in [0.15, 0.2) is 48.5 Å². The van der Waals surface area contributed by atoms with Crippen molar-refractivity contribution in [1.29, 1.82) is 0 Å². The van der Waals surface area contributed by atoms with Crippen LogP contribution in [0.3, 0.4) is 0 Å². The average Bonchev–Trinajstić information content (AvgIpc) is 2.97. The number of rotatable bonds is 6. The quantitative estimate of drug-likeness (QED) is 0.645. The van der Waals surface area contributed by atoms with Crippen LogP contribution in [0.25, 0.3) is 10.9 Å². The monoisotopic (exact) mass is 325 g/mol. The normalized spacial score (nSPS) is 11.4. The highest BCUT2D eigenvalue weighted by molar-refractivity contribution is 6.01. The lowest BCUT2D eigenvalue weighted by Crippen LogP contribution is -2.36. The number of fused-ring (bicyclic) bond motifs is 1. The molecule has 0 saturated carbocycles. The first-order chi connectivity index (χ1) is 11.4. The summed E-state index contributed by atoms with van der Waals surface area (Å²) in [6, 6.07) is 15.1. The maximum absolute atomic E-state index is 11.2. The maximum atomic E-state index is 11.2. The van der Waals surface area contributed by atoms with Crippen molar-refractivity contribution in [1.82, 2.24) is 10.2 Å². The van der Waals surface area contributed by atoms with Gasteiger partial charge in [0.2, 0.25) is 0 Å². The van der Waals surface area contributed by atoms with Crippen molar-refractivity contribution >= 4 is 22.6 Å². The van der Waals surface area contributed by atoms with Crippen LogP contribution in [-0.2, 0) is 0 Å². The number of H-pyrrole nitrogens is 1. The molecule has 6 nitrogen and oxygen atoms in total.